The van der Waals surface area contributed by atoms with Gasteiger partial charge in [0.2, 0.25) is 0 Å². The van der Waals surface area contributed by atoms with Gasteiger partial charge >= 0.3 is 0 Å². The van der Waals surface area contributed by atoms with Crippen LogP contribution in [0.3, 0.4) is 0 Å². The van der Waals surface area contributed by atoms with Crippen LogP contribution >= 0.6 is 11.8 Å². The van der Waals surface area contributed by atoms with Gasteiger partial charge in [-0.2, -0.15) is 11.8 Å². The van der Waals surface area contributed by atoms with Gasteiger partial charge in [0.15, 0.2) is 0 Å². The van der Waals surface area contributed by atoms with Crippen LogP contribution in [0.2, 0.25) is 0 Å². The summed E-state index contributed by atoms with van der Waals surface area (Å²) in [6.45, 7) is 4.42. The molecule has 2 unspecified atom stereocenters. The number of hydrogen-bond acceptors (Lipinski definition) is 2. The minimum atomic E-state index is -0.316. The third-order valence-electron chi connectivity index (χ3n) is 3.99. The number of aliphatic hydroxyl groups is 1. The van der Waals surface area contributed by atoms with Gasteiger partial charge in [-0.15, -0.1) is 0 Å². The third-order valence-corrected chi connectivity index (χ3v) is 5.40. The van der Waals surface area contributed by atoms with Gasteiger partial charge in [-0.3, -0.25) is 0 Å². The minimum absolute atomic E-state index is 0.316. The predicted molar refractivity (Wildman–Crippen MR) is 80.2 cm³/mol. The molecule has 1 saturated carbocycles. The molecular formula is C16H24OS. The molecule has 0 spiro atoms. The lowest BCUT2D eigenvalue weighted by Gasteiger charge is -2.26. The van der Waals surface area contributed by atoms with Crippen molar-refractivity contribution in [2.24, 2.45) is 0 Å². The number of aliphatic hydroxyl groups excluding tert-OH is 1. The van der Waals surface area contributed by atoms with Crippen LogP contribution in [-0.2, 0) is 0 Å². The van der Waals surface area contributed by atoms with Crippen LogP contribution in [0.25, 0.3) is 0 Å². The molecule has 2 rings (SSSR count). The Morgan fingerprint density at radius 2 is 2.17 bits per heavy atom. The van der Waals surface area contributed by atoms with Gasteiger partial charge in [0.25, 0.3) is 0 Å². The van der Waals surface area contributed by atoms with Crippen molar-refractivity contribution in [3.8, 4) is 0 Å². The quantitative estimate of drug-likeness (QED) is 0.815. The zero-order valence-corrected chi connectivity index (χ0v) is 12.2. The lowest BCUT2D eigenvalue weighted by Crippen LogP contribution is -2.10. The highest BCUT2D eigenvalue weighted by Crippen LogP contribution is 2.37. The molecule has 0 aromatic heterocycles. The van der Waals surface area contributed by atoms with Gasteiger partial charge in [0, 0.05) is 11.0 Å². The van der Waals surface area contributed by atoms with Crippen molar-refractivity contribution in [3.63, 3.8) is 0 Å². The Kier molecular flexibility index (Phi) is 5.13. The summed E-state index contributed by atoms with van der Waals surface area (Å²) in [5, 5.41) is 10.9. The Morgan fingerprint density at radius 1 is 1.39 bits per heavy atom. The van der Waals surface area contributed by atoms with E-state index in [1.165, 1.54) is 31.2 Å². The second kappa shape index (κ2) is 6.63. The van der Waals surface area contributed by atoms with Gasteiger partial charge in [0.1, 0.15) is 0 Å². The Balaban J connectivity index is 1.94. The number of hydrogen-bond donors (Lipinski definition) is 1. The molecule has 2 heteroatoms. The molecule has 100 valence electrons. The zero-order valence-electron chi connectivity index (χ0n) is 11.4. The minimum Gasteiger partial charge on any atom is -0.388 e. The van der Waals surface area contributed by atoms with E-state index >= 15 is 0 Å². The maximum absolute atomic E-state index is 10.2. The van der Waals surface area contributed by atoms with E-state index in [0.717, 1.165) is 17.2 Å². The van der Waals surface area contributed by atoms with Crippen LogP contribution in [0.15, 0.2) is 24.3 Å². The molecule has 1 nitrogen and oxygen atoms in total. The fourth-order valence-electron chi connectivity index (χ4n) is 2.23. The van der Waals surface area contributed by atoms with Crippen molar-refractivity contribution in [1.29, 1.82) is 0 Å². The van der Waals surface area contributed by atoms with Crippen molar-refractivity contribution in [1.82, 2.24) is 0 Å². The molecule has 2 atom stereocenters. The highest BCUT2D eigenvalue weighted by atomic mass is 32.2. The first kappa shape index (κ1) is 14.0. The number of thioether (sulfide) groups is 1. The summed E-state index contributed by atoms with van der Waals surface area (Å²) in [4.78, 5) is 0. The van der Waals surface area contributed by atoms with Crippen LogP contribution < -0.4 is 0 Å². The molecule has 0 amide bonds. The lowest BCUT2D eigenvalue weighted by atomic mass is 9.79. The smallest absolute Gasteiger partial charge is 0.0880 e. The molecule has 0 aliphatic heterocycles. The summed E-state index contributed by atoms with van der Waals surface area (Å²) < 4.78 is 0. The summed E-state index contributed by atoms with van der Waals surface area (Å²) in [6, 6.07) is 8.58. The van der Waals surface area contributed by atoms with Gasteiger partial charge < -0.3 is 5.11 Å². The van der Waals surface area contributed by atoms with E-state index in [4.69, 9.17) is 0 Å². The summed E-state index contributed by atoms with van der Waals surface area (Å²) in [5.41, 5.74) is 2.52. The largest absolute Gasteiger partial charge is 0.388 e. The molecule has 1 fully saturated rings. The maximum Gasteiger partial charge on any atom is 0.0880 e. The molecule has 0 bridgehead atoms. The maximum atomic E-state index is 10.2. The van der Waals surface area contributed by atoms with Gasteiger partial charge in [-0.05, 0) is 36.3 Å². The van der Waals surface area contributed by atoms with Gasteiger partial charge in [-0.1, -0.05) is 44.5 Å². The van der Waals surface area contributed by atoms with Crippen LogP contribution in [0, 0.1) is 0 Å². The molecule has 18 heavy (non-hydrogen) atoms. The SMILES string of the molecule is CCC(C)SCC(O)c1cccc(C2CCC2)c1. The zero-order chi connectivity index (χ0) is 13.0. The first-order chi connectivity index (χ1) is 8.70. The molecule has 1 N–H and O–H groups in total. The first-order valence-corrected chi connectivity index (χ1v) is 8.15. The van der Waals surface area contributed by atoms with E-state index < -0.39 is 0 Å². The Hall–Kier alpha value is -0.470. The fourth-order valence-corrected chi connectivity index (χ4v) is 3.17. The van der Waals surface area contributed by atoms with E-state index in [2.05, 4.69) is 38.1 Å². The second-order valence-corrected chi connectivity index (χ2v) is 6.84. The highest BCUT2D eigenvalue weighted by molar-refractivity contribution is 7.99. The average Bonchev–Trinajstić information content (AvgIpc) is 2.33. The summed E-state index contributed by atoms with van der Waals surface area (Å²) in [6.07, 6.45) is 4.85. The molecule has 0 saturated heterocycles. The summed E-state index contributed by atoms with van der Waals surface area (Å²) in [5.74, 6) is 1.56. The van der Waals surface area contributed by atoms with Crippen molar-refractivity contribution in [2.45, 2.75) is 56.8 Å². The van der Waals surface area contributed by atoms with Crippen LogP contribution in [0.1, 0.15) is 62.7 Å². The molecule has 1 aliphatic rings. The predicted octanol–water partition coefficient (Wildman–Crippen LogP) is 4.52. The average molecular weight is 264 g/mol. The van der Waals surface area contributed by atoms with E-state index in [-0.39, 0.29) is 6.10 Å². The van der Waals surface area contributed by atoms with Gasteiger partial charge in [0.05, 0.1) is 6.10 Å². The summed E-state index contributed by atoms with van der Waals surface area (Å²) in [7, 11) is 0. The fraction of sp³-hybridized carbons (Fsp3) is 0.625. The Bertz CT molecular complexity index is 373. The second-order valence-electron chi connectivity index (χ2n) is 5.37. The monoisotopic (exact) mass is 264 g/mol. The van der Waals surface area contributed by atoms with E-state index in [1.54, 1.807) is 0 Å². The van der Waals surface area contributed by atoms with Crippen LogP contribution in [-0.4, -0.2) is 16.1 Å². The highest BCUT2D eigenvalue weighted by Gasteiger charge is 2.20. The normalized spacial score (nSPS) is 19.3. The molecule has 1 aliphatic carbocycles. The van der Waals surface area contributed by atoms with E-state index in [9.17, 15) is 5.11 Å². The Morgan fingerprint density at radius 3 is 2.78 bits per heavy atom. The molecule has 0 radical (unpaired) electrons. The number of benzene rings is 1. The molecule has 1 aromatic rings. The van der Waals surface area contributed by atoms with Crippen molar-refractivity contribution in [3.05, 3.63) is 35.4 Å². The van der Waals surface area contributed by atoms with Crippen molar-refractivity contribution < 1.29 is 5.11 Å². The van der Waals surface area contributed by atoms with Crippen LogP contribution in [0.5, 0.6) is 0 Å². The molecule has 1 aromatic carbocycles. The topological polar surface area (TPSA) is 20.2 Å². The number of rotatable bonds is 6. The summed E-state index contributed by atoms with van der Waals surface area (Å²) >= 11 is 1.86. The van der Waals surface area contributed by atoms with E-state index in [0.29, 0.717) is 5.25 Å². The van der Waals surface area contributed by atoms with Crippen molar-refractivity contribution >= 4 is 11.8 Å². The van der Waals surface area contributed by atoms with Crippen molar-refractivity contribution in [2.75, 3.05) is 5.75 Å². The van der Waals surface area contributed by atoms with Crippen LogP contribution in [0.4, 0.5) is 0 Å². The molecular weight excluding hydrogens is 240 g/mol. The molecule has 0 heterocycles. The van der Waals surface area contributed by atoms with Gasteiger partial charge in [-0.25, -0.2) is 0 Å². The first-order valence-electron chi connectivity index (χ1n) is 7.10. The Labute approximate surface area is 115 Å². The third kappa shape index (κ3) is 3.52. The lowest BCUT2D eigenvalue weighted by molar-refractivity contribution is 0.203. The van der Waals surface area contributed by atoms with E-state index in [1.807, 2.05) is 11.8 Å². The standard InChI is InChI=1S/C16H24OS/c1-3-12(2)18-11-16(17)15-9-5-8-14(10-15)13-6-4-7-13/h5,8-10,12-13,16-17H,3-4,6-7,11H2,1-2H3.